The predicted molar refractivity (Wildman–Crippen MR) is 94.2 cm³/mol. The molecule has 128 valence electrons. The van der Waals surface area contributed by atoms with Crippen molar-refractivity contribution in [1.82, 2.24) is 4.98 Å². The van der Waals surface area contributed by atoms with Gasteiger partial charge in [0, 0.05) is 26.2 Å². The number of nitrogens with zero attached hydrogens (tertiary/aromatic N) is 3. The van der Waals surface area contributed by atoms with E-state index in [2.05, 4.69) is 40.8 Å². The highest BCUT2D eigenvalue weighted by molar-refractivity contribution is 5.70. The van der Waals surface area contributed by atoms with Gasteiger partial charge in [0.25, 0.3) is 0 Å². The third kappa shape index (κ3) is 4.85. The van der Waals surface area contributed by atoms with Crippen LogP contribution in [0.1, 0.15) is 40.0 Å². The first-order valence-electron chi connectivity index (χ1n) is 8.70. The summed E-state index contributed by atoms with van der Waals surface area (Å²) in [6, 6.07) is 4.14. The number of piperidine rings is 1. The maximum absolute atomic E-state index is 11.1. The Hall–Kier alpha value is -1.78. The molecule has 5 heteroatoms. The van der Waals surface area contributed by atoms with Crippen LogP contribution in [0, 0.1) is 11.8 Å². The summed E-state index contributed by atoms with van der Waals surface area (Å²) < 4.78 is 0. The Morgan fingerprint density at radius 1 is 1.43 bits per heavy atom. The number of rotatable bonds is 7. The van der Waals surface area contributed by atoms with Crippen molar-refractivity contribution in [3.05, 3.63) is 18.3 Å². The predicted octanol–water partition coefficient (Wildman–Crippen LogP) is 3.26. The minimum absolute atomic E-state index is 0.384. The molecular weight excluding hydrogens is 290 g/mol. The number of anilines is 2. The maximum Gasteiger partial charge on any atom is 0.308 e. The van der Waals surface area contributed by atoms with E-state index in [1.807, 2.05) is 6.20 Å². The minimum atomic E-state index is -0.752. The van der Waals surface area contributed by atoms with Gasteiger partial charge in [-0.25, -0.2) is 4.98 Å². The van der Waals surface area contributed by atoms with Crippen LogP contribution in [0.25, 0.3) is 0 Å². The highest BCUT2D eigenvalue weighted by Crippen LogP contribution is 2.23. The Morgan fingerprint density at radius 3 is 2.65 bits per heavy atom. The SMILES string of the molecule is CCCN(CC(C)C(=O)O)c1ccc(N2CCC(C)CC2)nc1. The fourth-order valence-electron chi connectivity index (χ4n) is 2.99. The summed E-state index contributed by atoms with van der Waals surface area (Å²) in [5.41, 5.74) is 1.01. The second kappa shape index (κ2) is 8.18. The van der Waals surface area contributed by atoms with E-state index in [0.717, 1.165) is 43.5 Å². The first-order chi connectivity index (χ1) is 11.0. The van der Waals surface area contributed by atoms with Gasteiger partial charge in [0.05, 0.1) is 17.8 Å². The van der Waals surface area contributed by atoms with Crippen LogP contribution in [-0.4, -0.2) is 42.2 Å². The molecule has 1 aliphatic heterocycles. The van der Waals surface area contributed by atoms with Crippen LogP contribution >= 0.6 is 0 Å². The number of hydrogen-bond donors (Lipinski definition) is 1. The summed E-state index contributed by atoms with van der Waals surface area (Å²) in [6.45, 7) is 9.67. The van der Waals surface area contributed by atoms with Crippen molar-refractivity contribution in [2.45, 2.75) is 40.0 Å². The van der Waals surface area contributed by atoms with Crippen LogP contribution in [0.15, 0.2) is 18.3 Å². The third-order valence-corrected chi connectivity index (χ3v) is 4.61. The molecule has 2 heterocycles. The lowest BCUT2D eigenvalue weighted by Gasteiger charge is -2.32. The molecule has 0 radical (unpaired) electrons. The highest BCUT2D eigenvalue weighted by Gasteiger charge is 2.19. The number of aliphatic carboxylic acids is 1. The van der Waals surface area contributed by atoms with Crippen molar-refractivity contribution in [2.24, 2.45) is 11.8 Å². The summed E-state index contributed by atoms with van der Waals surface area (Å²) in [5.74, 6) is 0.703. The van der Waals surface area contributed by atoms with Gasteiger partial charge >= 0.3 is 5.97 Å². The average Bonchev–Trinajstić information content (AvgIpc) is 2.55. The van der Waals surface area contributed by atoms with Crippen molar-refractivity contribution >= 4 is 17.5 Å². The Kier molecular flexibility index (Phi) is 6.25. The van der Waals surface area contributed by atoms with Gasteiger partial charge in [0.2, 0.25) is 0 Å². The van der Waals surface area contributed by atoms with E-state index in [4.69, 9.17) is 5.11 Å². The van der Waals surface area contributed by atoms with Gasteiger partial charge in [-0.3, -0.25) is 4.79 Å². The molecule has 0 spiro atoms. The second-order valence-electron chi connectivity index (χ2n) is 6.73. The number of aromatic nitrogens is 1. The number of carboxylic acids is 1. The number of pyridine rings is 1. The molecule has 0 saturated carbocycles. The van der Waals surface area contributed by atoms with Gasteiger partial charge < -0.3 is 14.9 Å². The molecule has 1 unspecified atom stereocenters. The van der Waals surface area contributed by atoms with Crippen molar-refractivity contribution in [2.75, 3.05) is 36.0 Å². The fraction of sp³-hybridized carbons (Fsp3) is 0.667. The van der Waals surface area contributed by atoms with Crippen LogP contribution in [0.2, 0.25) is 0 Å². The number of carbonyl (C=O) groups is 1. The van der Waals surface area contributed by atoms with Gasteiger partial charge in [-0.2, -0.15) is 0 Å². The van der Waals surface area contributed by atoms with Crippen molar-refractivity contribution in [3.63, 3.8) is 0 Å². The van der Waals surface area contributed by atoms with Gasteiger partial charge in [0.1, 0.15) is 5.82 Å². The van der Waals surface area contributed by atoms with Gasteiger partial charge in [-0.1, -0.05) is 20.8 Å². The van der Waals surface area contributed by atoms with E-state index in [1.165, 1.54) is 12.8 Å². The normalized spacial score (nSPS) is 17.1. The molecule has 1 aromatic rings. The molecule has 1 aliphatic rings. The van der Waals surface area contributed by atoms with E-state index < -0.39 is 5.97 Å². The molecule has 1 atom stereocenters. The minimum Gasteiger partial charge on any atom is -0.481 e. The molecule has 0 bridgehead atoms. The monoisotopic (exact) mass is 319 g/mol. The molecular formula is C18H29N3O2. The Bertz CT molecular complexity index is 495. The smallest absolute Gasteiger partial charge is 0.308 e. The zero-order valence-corrected chi connectivity index (χ0v) is 14.5. The molecule has 23 heavy (non-hydrogen) atoms. The zero-order valence-electron chi connectivity index (χ0n) is 14.5. The van der Waals surface area contributed by atoms with E-state index in [0.29, 0.717) is 6.54 Å². The summed E-state index contributed by atoms with van der Waals surface area (Å²) in [5, 5.41) is 9.13. The first kappa shape index (κ1) is 17.6. The molecule has 0 aliphatic carbocycles. The summed E-state index contributed by atoms with van der Waals surface area (Å²) in [4.78, 5) is 20.2. The van der Waals surface area contributed by atoms with Gasteiger partial charge in [-0.05, 0) is 37.3 Å². The lowest BCUT2D eigenvalue weighted by molar-refractivity contribution is -0.140. The second-order valence-corrected chi connectivity index (χ2v) is 6.73. The Balaban J connectivity index is 2.04. The van der Waals surface area contributed by atoms with Crippen molar-refractivity contribution in [1.29, 1.82) is 0 Å². The van der Waals surface area contributed by atoms with Crippen LogP contribution in [0.5, 0.6) is 0 Å². The molecule has 1 aromatic heterocycles. The molecule has 2 rings (SSSR count). The summed E-state index contributed by atoms with van der Waals surface area (Å²) >= 11 is 0. The third-order valence-electron chi connectivity index (χ3n) is 4.61. The van der Waals surface area contributed by atoms with E-state index in [9.17, 15) is 4.79 Å². The number of hydrogen-bond acceptors (Lipinski definition) is 4. The topological polar surface area (TPSA) is 56.7 Å². The largest absolute Gasteiger partial charge is 0.481 e. The van der Waals surface area contributed by atoms with Crippen molar-refractivity contribution < 1.29 is 9.90 Å². The van der Waals surface area contributed by atoms with Crippen LogP contribution in [0.4, 0.5) is 11.5 Å². The summed E-state index contributed by atoms with van der Waals surface area (Å²) in [7, 11) is 0. The van der Waals surface area contributed by atoms with Crippen LogP contribution in [-0.2, 0) is 4.79 Å². The van der Waals surface area contributed by atoms with E-state index >= 15 is 0 Å². The maximum atomic E-state index is 11.1. The molecule has 1 N–H and O–H groups in total. The lowest BCUT2D eigenvalue weighted by Crippen LogP contribution is -2.34. The Labute approximate surface area is 139 Å². The quantitative estimate of drug-likeness (QED) is 0.836. The molecule has 0 aromatic carbocycles. The van der Waals surface area contributed by atoms with Crippen LogP contribution in [0.3, 0.4) is 0 Å². The molecule has 1 saturated heterocycles. The van der Waals surface area contributed by atoms with Crippen molar-refractivity contribution in [3.8, 4) is 0 Å². The first-order valence-corrected chi connectivity index (χ1v) is 8.70. The fourth-order valence-corrected chi connectivity index (χ4v) is 2.99. The number of carboxylic acid groups (broad SMARTS) is 1. The highest BCUT2D eigenvalue weighted by atomic mass is 16.4. The lowest BCUT2D eigenvalue weighted by atomic mass is 9.99. The van der Waals surface area contributed by atoms with Gasteiger partial charge in [-0.15, -0.1) is 0 Å². The molecule has 5 nitrogen and oxygen atoms in total. The standard InChI is InChI=1S/C18H29N3O2/c1-4-9-21(13-15(3)18(22)23)16-5-6-17(19-12-16)20-10-7-14(2)8-11-20/h5-6,12,14-15H,4,7-11,13H2,1-3H3,(H,22,23). The zero-order chi connectivity index (χ0) is 16.8. The Morgan fingerprint density at radius 2 is 2.13 bits per heavy atom. The van der Waals surface area contributed by atoms with E-state index in [-0.39, 0.29) is 5.92 Å². The molecule has 0 amide bonds. The summed E-state index contributed by atoms with van der Waals surface area (Å²) in [6.07, 6.45) is 5.32. The average molecular weight is 319 g/mol. The van der Waals surface area contributed by atoms with E-state index in [1.54, 1.807) is 6.92 Å². The van der Waals surface area contributed by atoms with Gasteiger partial charge in [0.15, 0.2) is 0 Å². The molecule has 1 fully saturated rings. The van der Waals surface area contributed by atoms with Crippen LogP contribution < -0.4 is 9.80 Å².